The smallest absolute Gasteiger partial charge is 0.299 e. The predicted molar refractivity (Wildman–Crippen MR) is 108 cm³/mol. The fourth-order valence-corrected chi connectivity index (χ4v) is 4.59. The van der Waals surface area contributed by atoms with E-state index in [-0.39, 0.29) is 12.2 Å². The number of hydrogen-bond donors (Lipinski definition) is 0. The van der Waals surface area contributed by atoms with Crippen LogP contribution in [-0.2, 0) is 19.1 Å². The minimum absolute atomic E-state index is 0.0604. The number of alkyl halides is 3. The molecule has 4 nitrogen and oxygen atoms in total. The van der Waals surface area contributed by atoms with E-state index in [4.69, 9.17) is 0 Å². The van der Waals surface area contributed by atoms with Gasteiger partial charge in [-0.25, -0.2) is 0 Å². The Morgan fingerprint density at radius 1 is 0.933 bits per heavy atom. The molecule has 1 aliphatic carbocycles. The van der Waals surface area contributed by atoms with Crippen molar-refractivity contribution in [1.82, 2.24) is 19.5 Å². The van der Waals surface area contributed by atoms with Gasteiger partial charge in [0, 0.05) is 19.2 Å². The minimum atomic E-state index is -4.45. The molecule has 7 heteroatoms. The third-order valence-corrected chi connectivity index (χ3v) is 6.44. The summed E-state index contributed by atoms with van der Waals surface area (Å²) in [7, 11) is 0. The molecule has 1 saturated heterocycles. The second-order valence-electron chi connectivity index (χ2n) is 8.63. The summed E-state index contributed by atoms with van der Waals surface area (Å²) in [6.07, 6.45) is 2.13. The van der Waals surface area contributed by atoms with E-state index in [1.807, 2.05) is 18.2 Å². The molecule has 3 heterocycles. The fourth-order valence-electron chi connectivity index (χ4n) is 4.59. The first-order valence-electron chi connectivity index (χ1n) is 10.7. The Hall–Kier alpha value is -2.41. The van der Waals surface area contributed by atoms with Crippen LogP contribution >= 0.6 is 0 Å². The summed E-state index contributed by atoms with van der Waals surface area (Å²) in [4.78, 5) is 2.13. The Labute approximate surface area is 173 Å². The third-order valence-electron chi connectivity index (χ3n) is 6.44. The van der Waals surface area contributed by atoms with Crippen LogP contribution in [0.15, 0.2) is 42.6 Å². The van der Waals surface area contributed by atoms with Gasteiger partial charge in [0.15, 0.2) is 5.65 Å². The molecular formula is C23H25F3N4. The predicted octanol–water partition coefficient (Wildman–Crippen LogP) is 5.08. The standard InChI is InChI=1S/C23H25F3N4/c24-23(25,26)21-19(10-13-30-20(14-16-6-7-16)27-28-22(21)30)15-29-11-8-18(9-12-29)17-4-2-1-3-5-17/h1-5,10,13,16,18H,6-9,11-12,14-15H2. The normalized spacial score (nSPS) is 18.9. The summed E-state index contributed by atoms with van der Waals surface area (Å²) in [6.45, 7) is 1.88. The van der Waals surface area contributed by atoms with E-state index in [0.29, 0.717) is 29.6 Å². The largest absolute Gasteiger partial charge is 0.420 e. The van der Waals surface area contributed by atoms with Crippen LogP contribution in [0.1, 0.15) is 54.1 Å². The molecule has 2 aromatic heterocycles. The second-order valence-corrected chi connectivity index (χ2v) is 8.63. The number of fused-ring (bicyclic) bond motifs is 1. The molecule has 0 radical (unpaired) electrons. The zero-order valence-corrected chi connectivity index (χ0v) is 16.8. The highest BCUT2D eigenvalue weighted by Crippen LogP contribution is 2.37. The van der Waals surface area contributed by atoms with Crippen molar-refractivity contribution in [3.63, 3.8) is 0 Å². The van der Waals surface area contributed by atoms with Crippen molar-refractivity contribution in [2.75, 3.05) is 13.1 Å². The summed E-state index contributed by atoms with van der Waals surface area (Å²) in [5, 5.41) is 8.03. The molecule has 0 spiro atoms. The third kappa shape index (κ3) is 3.95. The number of likely N-dealkylation sites (tertiary alicyclic amines) is 1. The SMILES string of the molecule is FC(F)(F)c1c(CN2CCC(c3ccccc3)CC2)ccn2c(CC3CC3)nnc12. The Morgan fingerprint density at radius 3 is 2.33 bits per heavy atom. The number of nitrogens with zero attached hydrogens (tertiary/aromatic N) is 4. The van der Waals surface area contributed by atoms with Crippen LogP contribution in [0.25, 0.3) is 5.65 Å². The van der Waals surface area contributed by atoms with Crippen LogP contribution in [0.3, 0.4) is 0 Å². The molecule has 5 rings (SSSR count). The zero-order chi connectivity index (χ0) is 20.7. The number of aromatic nitrogens is 3. The first-order chi connectivity index (χ1) is 14.5. The van der Waals surface area contributed by atoms with Gasteiger partial charge in [0.25, 0.3) is 0 Å². The molecule has 2 fully saturated rings. The number of rotatable bonds is 5. The van der Waals surface area contributed by atoms with Gasteiger partial charge in [-0.2, -0.15) is 13.2 Å². The van der Waals surface area contributed by atoms with E-state index in [0.717, 1.165) is 38.8 Å². The molecule has 0 unspecified atom stereocenters. The number of benzene rings is 1. The summed E-state index contributed by atoms with van der Waals surface area (Å²) in [5.74, 6) is 1.65. The molecule has 0 N–H and O–H groups in total. The number of halogens is 3. The van der Waals surface area contributed by atoms with Crippen LogP contribution in [0.4, 0.5) is 13.2 Å². The Balaban J connectivity index is 1.36. The fraction of sp³-hybridized carbons (Fsp3) is 0.478. The van der Waals surface area contributed by atoms with Gasteiger partial charge in [0.1, 0.15) is 11.4 Å². The van der Waals surface area contributed by atoms with Gasteiger partial charge in [0.05, 0.1) is 0 Å². The van der Waals surface area contributed by atoms with E-state index < -0.39 is 11.7 Å². The summed E-state index contributed by atoms with van der Waals surface area (Å²) in [5.41, 5.74) is 0.916. The average molecular weight is 414 g/mol. The zero-order valence-electron chi connectivity index (χ0n) is 16.8. The maximum atomic E-state index is 14.0. The van der Waals surface area contributed by atoms with Crippen molar-refractivity contribution in [1.29, 1.82) is 0 Å². The van der Waals surface area contributed by atoms with E-state index >= 15 is 0 Å². The van der Waals surface area contributed by atoms with E-state index in [1.165, 1.54) is 9.96 Å². The quantitative estimate of drug-likeness (QED) is 0.584. The topological polar surface area (TPSA) is 33.4 Å². The average Bonchev–Trinajstić information content (AvgIpc) is 3.47. The Kier molecular flexibility index (Phi) is 5.01. The Morgan fingerprint density at radius 2 is 1.67 bits per heavy atom. The highest BCUT2D eigenvalue weighted by Gasteiger charge is 2.38. The first-order valence-corrected chi connectivity index (χ1v) is 10.7. The van der Waals surface area contributed by atoms with Crippen molar-refractivity contribution in [2.45, 2.75) is 50.7 Å². The van der Waals surface area contributed by atoms with Crippen molar-refractivity contribution >= 4 is 5.65 Å². The Bertz CT molecular complexity index is 1020. The number of hydrogen-bond acceptors (Lipinski definition) is 3. The molecule has 0 bridgehead atoms. The van der Waals surface area contributed by atoms with Gasteiger partial charge in [-0.3, -0.25) is 9.30 Å². The van der Waals surface area contributed by atoms with Crippen molar-refractivity contribution in [3.8, 4) is 0 Å². The van der Waals surface area contributed by atoms with E-state index in [9.17, 15) is 13.2 Å². The maximum Gasteiger partial charge on any atom is 0.420 e. The van der Waals surface area contributed by atoms with Gasteiger partial charge in [0.2, 0.25) is 0 Å². The monoisotopic (exact) mass is 414 g/mol. The van der Waals surface area contributed by atoms with Crippen LogP contribution in [0, 0.1) is 5.92 Å². The number of piperidine rings is 1. The summed E-state index contributed by atoms with van der Waals surface area (Å²) in [6, 6.07) is 12.0. The van der Waals surface area contributed by atoms with E-state index in [1.54, 1.807) is 12.3 Å². The number of pyridine rings is 1. The summed E-state index contributed by atoms with van der Waals surface area (Å²) >= 11 is 0. The van der Waals surface area contributed by atoms with E-state index in [2.05, 4.69) is 27.2 Å². The lowest BCUT2D eigenvalue weighted by atomic mass is 9.89. The molecule has 2 aliphatic rings. The molecule has 0 atom stereocenters. The van der Waals surface area contributed by atoms with Crippen LogP contribution < -0.4 is 0 Å². The molecule has 3 aromatic rings. The van der Waals surface area contributed by atoms with Gasteiger partial charge in [-0.1, -0.05) is 30.3 Å². The second kappa shape index (κ2) is 7.69. The molecule has 1 aliphatic heterocycles. The molecule has 1 saturated carbocycles. The lowest BCUT2D eigenvalue weighted by Crippen LogP contribution is -2.33. The highest BCUT2D eigenvalue weighted by molar-refractivity contribution is 5.53. The highest BCUT2D eigenvalue weighted by atomic mass is 19.4. The van der Waals surface area contributed by atoms with Crippen molar-refractivity contribution in [3.05, 3.63) is 65.1 Å². The van der Waals surface area contributed by atoms with Crippen LogP contribution in [0.5, 0.6) is 0 Å². The van der Waals surface area contributed by atoms with Gasteiger partial charge in [-0.15, -0.1) is 10.2 Å². The van der Waals surface area contributed by atoms with Crippen LogP contribution in [0.2, 0.25) is 0 Å². The first kappa shape index (κ1) is 19.5. The maximum absolute atomic E-state index is 14.0. The molecule has 30 heavy (non-hydrogen) atoms. The van der Waals surface area contributed by atoms with Crippen molar-refractivity contribution < 1.29 is 13.2 Å². The van der Waals surface area contributed by atoms with Gasteiger partial charge >= 0.3 is 6.18 Å². The molecule has 1 aromatic carbocycles. The lowest BCUT2D eigenvalue weighted by Gasteiger charge is -2.32. The van der Waals surface area contributed by atoms with Gasteiger partial charge < -0.3 is 0 Å². The lowest BCUT2D eigenvalue weighted by molar-refractivity contribution is -0.137. The van der Waals surface area contributed by atoms with Crippen molar-refractivity contribution in [2.24, 2.45) is 5.92 Å². The molecule has 158 valence electrons. The molecular weight excluding hydrogens is 389 g/mol. The van der Waals surface area contributed by atoms with Crippen LogP contribution in [-0.4, -0.2) is 32.6 Å². The minimum Gasteiger partial charge on any atom is -0.299 e. The summed E-state index contributed by atoms with van der Waals surface area (Å²) < 4.78 is 43.5. The van der Waals surface area contributed by atoms with Gasteiger partial charge in [-0.05, 0) is 67.8 Å². The molecule has 0 amide bonds.